The molecule has 0 atom stereocenters. The standard InChI is InChI=1S/C29H43NO/c1-3-5-7-9-11-25-16-21-29(30-22-25)27-17-19-28(20-18-27)31-23-26-14-12-24(13-15-26)10-8-6-4-2/h16-22,24,26H,3-15,23H2,1-2H3. The molecule has 3 rings (SSSR count). The average Bonchev–Trinajstić information content (AvgIpc) is 2.82. The first-order valence-electron chi connectivity index (χ1n) is 13.0. The fourth-order valence-electron chi connectivity index (χ4n) is 4.80. The topological polar surface area (TPSA) is 22.1 Å². The van der Waals surface area contributed by atoms with Gasteiger partial charge in [-0.2, -0.15) is 0 Å². The number of hydrogen-bond acceptors (Lipinski definition) is 2. The van der Waals surface area contributed by atoms with Crippen molar-refractivity contribution in [1.29, 1.82) is 0 Å². The minimum absolute atomic E-state index is 0.730. The molecule has 1 aromatic heterocycles. The van der Waals surface area contributed by atoms with Crippen LogP contribution in [-0.4, -0.2) is 11.6 Å². The van der Waals surface area contributed by atoms with Gasteiger partial charge in [0, 0.05) is 11.8 Å². The van der Waals surface area contributed by atoms with Crippen molar-refractivity contribution < 1.29 is 4.74 Å². The van der Waals surface area contributed by atoms with E-state index in [9.17, 15) is 0 Å². The molecular weight excluding hydrogens is 378 g/mol. The summed E-state index contributed by atoms with van der Waals surface area (Å²) in [5.41, 5.74) is 3.56. The van der Waals surface area contributed by atoms with Gasteiger partial charge in [-0.25, -0.2) is 0 Å². The number of benzene rings is 1. The molecule has 0 unspecified atom stereocenters. The molecule has 2 nitrogen and oxygen atoms in total. The second-order valence-electron chi connectivity index (χ2n) is 9.58. The number of rotatable bonds is 13. The quantitative estimate of drug-likeness (QED) is 0.302. The van der Waals surface area contributed by atoms with Crippen LogP contribution in [0.5, 0.6) is 5.75 Å². The number of nitrogens with zero attached hydrogens (tertiary/aromatic N) is 1. The summed E-state index contributed by atoms with van der Waals surface area (Å²) in [4.78, 5) is 4.69. The largest absolute Gasteiger partial charge is 0.493 e. The van der Waals surface area contributed by atoms with Crippen LogP contribution in [0.2, 0.25) is 0 Å². The van der Waals surface area contributed by atoms with Crippen LogP contribution in [-0.2, 0) is 6.42 Å². The number of hydrogen-bond donors (Lipinski definition) is 0. The zero-order chi connectivity index (χ0) is 21.7. The molecule has 2 heteroatoms. The van der Waals surface area contributed by atoms with Crippen LogP contribution in [0.25, 0.3) is 11.3 Å². The molecule has 0 radical (unpaired) electrons. The molecule has 31 heavy (non-hydrogen) atoms. The Hall–Kier alpha value is -1.83. The Morgan fingerprint density at radius 2 is 1.48 bits per heavy atom. The molecule has 2 aromatic rings. The van der Waals surface area contributed by atoms with E-state index in [1.807, 2.05) is 6.20 Å². The molecule has 0 N–H and O–H groups in total. The lowest BCUT2D eigenvalue weighted by atomic mass is 9.80. The summed E-state index contributed by atoms with van der Waals surface area (Å²) in [5.74, 6) is 2.69. The number of unbranched alkanes of at least 4 members (excludes halogenated alkanes) is 5. The van der Waals surface area contributed by atoms with Crippen molar-refractivity contribution in [2.45, 2.75) is 97.3 Å². The Morgan fingerprint density at radius 3 is 2.16 bits per heavy atom. The monoisotopic (exact) mass is 421 g/mol. The molecule has 1 heterocycles. The molecule has 1 aliphatic carbocycles. The number of aromatic nitrogens is 1. The molecule has 0 saturated heterocycles. The summed E-state index contributed by atoms with van der Waals surface area (Å²) in [6.07, 6.45) is 19.5. The van der Waals surface area contributed by atoms with Gasteiger partial charge in [0.2, 0.25) is 0 Å². The van der Waals surface area contributed by atoms with E-state index in [0.717, 1.165) is 41.9 Å². The van der Waals surface area contributed by atoms with Gasteiger partial charge in [0.15, 0.2) is 0 Å². The Kier molecular flexibility index (Phi) is 10.4. The van der Waals surface area contributed by atoms with Gasteiger partial charge in [-0.15, -0.1) is 0 Å². The fraction of sp³-hybridized carbons (Fsp3) is 0.621. The maximum atomic E-state index is 6.13. The molecule has 1 aromatic carbocycles. The highest BCUT2D eigenvalue weighted by molar-refractivity contribution is 5.60. The van der Waals surface area contributed by atoms with Gasteiger partial charge in [0.1, 0.15) is 5.75 Å². The smallest absolute Gasteiger partial charge is 0.119 e. The SMILES string of the molecule is CCCCCCc1ccc(-c2ccc(OCC3CCC(CCCCC)CC3)cc2)nc1. The third-order valence-electron chi connectivity index (χ3n) is 6.96. The molecule has 170 valence electrons. The highest BCUT2D eigenvalue weighted by atomic mass is 16.5. The normalized spacial score (nSPS) is 18.8. The second-order valence-corrected chi connectivity index (χ2v) is 9.58. The molecular formula is C29H43NO. The highest BCUT2D eigenvalue weighted by Gasteiger charge is 2.21. The van der Waals surface area contributed by atoms with Crippen molar-refractivity contribution in [2.75, 3.05) is 6.61 Å². The zero-order valence-corrected chi connectivity index (χ0v) is 20.0. The summed E-state index contributed by atoms with van der Waals surface area (Å²) in [7, 11) is 0. The van der Waals surface area contributed by atoms with E-state index in [-0.39, 0.29) is 0 Å². The van der Waals surface area contributed by atoms with Crippen LogP contribution in [0.1, 0.15) is 96.5 Å². The van der Waals surface area contributed by atoms with Gasteiger partial charge in [-0.3, -0.25) is 4.98 Å². The Morgan fingerprint density at radius 1 is 0.774 bits per heavy atom. The van der Waals surface area contributed by atoms with Crippen LogP contribution in [0, 0.1) is 11.8 Å². The molecule has 1 saturated carbocycles. The predicted molar refractivity (Wildman–Crippen MR) is 133 cm³/mol. The van der Waals surface area contributed by atoms with Crippen LogP contribution >= 0.6 is 0 Å². The molecule has 0 spiro atoms. The number of pyridine rings is 1. The zero-order valence-electron chi connectivity index (χ0n) is 20.0. The van der Waals surface area contributed by atoms with E-state index >= 15 is 0 Å². The Labute approximate surface area is 190 Å². The van der Waals surface area contributed by atoms with Gasteiger partial charge in [0.25, 0.3) is 0 Å². The maximum Gasteiger partial charge on any atom is 0.119 e. The lowest BCUT2D eigenvalue weighted by Gasteiger charge is -2.28. The van der Waals surface area contributed by atoms with Crippen molar-refractivity contribution in [3.63, 3.8) is 0 Å². The first-order valence-corrected chi connectivity index (χ1v) is 13.0. The molecule has 1 aliphatic rings. The van der Waals surface area contributed by atoms with E-state index in [1.165, 1.54) is 82.6 Å². The van der Waals surface area contributed by atoms with Crippen LogP contribution in [0.4, 0.5) is 0 Å². The van der Waals surface area contributed by atoms with E-state index in [4.69, 9.17) is 4.74 Å². The molecule has 0 amide bonds. The summed E-state index contributed by atoms with van der Waals surface area (Å²) in [5, 5.41) is 0. The van der Waals surface area contributed by atoms with Crippen LogP contribution in [0.3, 0.4) is 0 Å². The third-order valence-corrected chi connectivity index (χ3v) is 6.96. The van der Waals surface area contributed by atoms with Crippen molar-refractivity contribution in [3.8, 4) is 17.0 Å². The summed E-state index contributed by atoms with van der Waals surface area (Å²) < 4.78 is 6.13. The van der Waals surface area contributed by atoms with Gasteiger partial charge < -0.3 is 4.74 Å². The molecule has 1 fully saturated rings. The van der Waals surface area contributed by atoms with E-state index < -0.39 is 0 Å². The van der Waals surface area contributed by atoms with E-state index in [2.05, 4.69) is 55.2 Å². The first kappa shape index (κ1) is 23.8. The van der Waals surface area contributed by atoms with Crippen molar-refractivity contribution in [1.82, 2.24) is 4.98 Å². The summed E-state index contributed by atoms with van der Waals surface area (Å²) >= 11 is 0. The number of aryl methyl sites for hydroxylation is 1. The third kappa shape index (κ3) is 8.31. The number of ether oxygens (including phenoxy) is 1. The average molecular weight is 422 g/mol. The van der Waals surface area contributed by atoms with Gasteiger partial charge in [-0.1, -0.05) is 77.7 Å². The van der Waals surface area contributed by atoms with Crippen molar-refractivity contribution >= 4 is 0 Å². The van der Waals surface area contributed by atoms with Gasteiger partial charge >= 0.3 is 0 Å². The van der Waals surface area contributed by atoms with Crippen LogP contribution < -0.4 is 4.74 Å². The van der Waals surface area contributed by atoms with E-state index in [1.54, 1.807) is 0 Å². The molecule has 0 aliphatic heterocycles. The fourth-order valence-corrected chi connectivity index (χ4v) is 4.80. The predicted octanol–water partition coefficient (Wildman–Crippen LogP) is 8.64. The Bertz CT molecular complexity index is 713. The summed E-state index contributed by atoms with van der Waals surface area (Å²) in [6.45, 7) is 5.42. The maximum absolute atomic E-state index is 6.13. The lowest BCUT2D eigenvalue weighted by Crippen LogP contribution is -2.20. The highest BCUT2D eigenvalue weighted by Crippen LogP contribution is 2.32. The summed E-state index contributed by atoms with van der Waals surface area (Å²) in [6, 6.07) is 12.9. The lowest BCUT2D eigenvalue weighted by molar-refractivity contribution is 0.177. The van der Waals surface area contributed by atoms with Gasteiger partial charge in [-0.05, 0) is 73.4 Å². The minimum Gasteiger partial charge on any atom is -0.493 e. The Balaban J connectivity index is 1.39. The van der Waals surface area contributed by atoms with Gasteiger partial charge in [0.05, 0.1) is 12.3 Å². The van der Waals surface area contributed by atoms with Crippen molar-refractivity contribution in [3.05, 3.63) is 48.2 Å². The molecule has 0 bridgehead atoms. The minimum atomic E-state index is 0.730. The first-order chi connectivity index (χ1) is 15.3. The van der Waals surface area contributed by atoms with Crippen molar-refractivity contribution in [2.24, 2.45) is 11.8 Å². The second kappa shape index (κ2) is 13.6. The van der Waals surface area contributed by atoms with Crippen LogP contribution in [0.15, 0.2) is 42.6 Å². The van der Waals surface area contributed by atoms with E-state index in [0.29, 0.717) is 0 Å².